The molecule has 1 aromatic carbocycles. The predicted octanol–water partition coefficient (Wildman–Crippen LogP) is 4.12. The highest BCUT2D eigenvalue weighted by molar-refractivity contribution is 5.86. The highest BCUT2D eigenvalue weighted by atomic mass is 16.5. The lowest BCUT2D eigenvalue weighted by atomic mass is 10.1. The number of hydrogen-bond acceptors (Lipinski definition) is 9. The first kappa shape index (κ1) is 22.3. The number of H-pyrrole nitrogens is 1. The van der Waals surface area contributed by atoms with Crippen molar-refractivity contribution in [2.24, 2.45) is 0 Å². The summed E-state index contributed by atoms with van der Waals surface area (Å²) < 4.78 is 10.8. The molecule has 4 rings (SSSR count). The molecular formula is C23H28N8O2. The minimum Gasteiger partial charge on any atom is -0.497 e. The molecule has 4 aromatic rings. The van der Waals surface area contributed by atoms with E-state index in [1.807, 2.05) is 30.3 Å². The summed E-state index contributed by atoms with van der Waals surface area (Å²) in [6.07, 6.45) is 6.25. The van der Waals surface area contributed by atoms with Gasteiger partial charge in [-0.05, 0) is 30.7 Å². The van der Waals surface area contributed by atoms with Crippen LogP contribution < -0.4 is 20.1 Å². The summed E-state index contributed by atoms with van der Waals surface area (Å²) in [5.74, 6) is 3.36. The highest BCUT2D eigenvalue weighted by Gasteiger charge is 2.18. The average Bonchev–Trinajstić information content (AvgIpc) is 3.40. The molecule has 10 nitrogen and oxygen atoms in total. The van der Waals surface area contributed by atoms with Gasteiger partial charge >= 0.3 is 0 Å². The van der Waals surface area contributed by atoms with E-state index in [1.54, 1.807) is 20.4 Å². The van der Waals surface area contributed by atoms with Crippen molar-refractivity contribution in [2.75, 3.05) is 24.9 Å². The van der Waals surface area contributed by atoms with Crippen molar-refractivity contribution < 1.29 is 9.47 Å². The maximum Gasteiger partial charge on any atom is 0.225 e. The second kappa shape index (κ2) is 10.6. The van der Waals surface area contributed by atoms with Gasteiger partial charge in [0.15, 0.2) is 5.82 Å². The molecule has 0 aliphatic heterocycles. The zero-order valence-electron chi connectivity index (χ0n) is 19.0. The van der Waals surface area contributed by atoms with Crippen LogP contribution in [0.3, 0.4) is 0 Å². The van der Waals surface area contributed by atoms with Crippen molar-refractivity contribution in [1.82, 2.24) is 30.1 Å². The highest BCUT2D eigenvalue weighted by Crippen LogP contribution is 2.28. The van der Waals surface area contributed by atoms with Crippen molar-refractivity contribution in [2.45, 2.75) is 38.8 Å². The number of benzene rings is 1. The fourth-order valence-electron chi connectivity index (χ4n) is 3.55. The Morgan fingerprint density at radius 3 is 2.76 bits per heavy atom. The fraction of sp³-hybridized carbons (Fsp3) is 0.348. The van der Waals surface area contributed by atoms with Crippen LogP contribution >= 0.6 is 0 Å². The molecule has 0 saturated heterocycles. The van der Waals surface area contributed by atoms with Gasteiger partial charge in [0.2, 0.25) is 5.95 Å². The summed E-state index contributed by atoms with van der Waals surface area (Å²) in [4.78, 5) is 18.2. The maximum atomic E-state index is 5.50. The first-order valence-corrected chi connectivity index (χ1v) is 10.9. The number of nitrogens with zero attached hydrogens (tertiary/aromatic N) is 5. The van der Waals surface area contributed by atoms with E-state index in [-0.39, 0.29) is 6.04 Å². The molecular weight excluding hydrogens is 420 g/mol. The van der Waals surface area contributed by atoms with Crippen LogP contribution in [0.1, 0.15) is 43.6 Å². The Morgan fingerprint density at radius 2 is 2.00 bits per heavy atom. The van der Waals surface area contributed by atoms with E-state index >= 15 is 0 Å². The van der Waals surface area contributed by atoms with Crippen LogP contribution in [0.15, 0.2) is 42.9 Å². The number of aromatic nitrogens is 6. The Hall–Kier alpha value is -3.95. The van der Waals surface area contributed by atoms with Gasteiger partial charge in [-0.2, -0.15) is 10.1 Å². The number of hydrogen-bond donors (Lipinski definition) is 3. The number of nitrogens with one attached hydrogen (secondary N) is 3. The van der Waals surface area contributed by atoms with Crippen LogP contribution in [0.5, 0.6) is 11.5 Å². The lowest BCUT2D eigenvalue weighted by Crippen LogP contribution is -2.15. The van der Waals surface area contributed by atoms with E-state index in [2.05, 4.69) is 42.7 Å². The SMILES string of the molecule is CCCCC(Nc1nc(NCc2ccc(OC)cc2OC)nc2cccnc12)c1ncn[nH]1. The predicted molar refractivity (Wildman–Crippen MR) is 126 cm³/mol. The average molecular weight is 449 g/mol. The van der Waals surface area contributed by atoms with Gasteiger partial charge in [-0.3, -0.25) is 10.1 Å². The Kier molecular flexibility index (Phi) is 7.13. The van der Waals surface area contributed by atoms with E-state index in [1.165, 1.54) is 6.33 Å². The van der Waals surface area contributed by atoms with Crippen LogP contribution in [0.2, 0.25) is 0 Å². The Bertz CT molecular complexity index is 1180. The van der Waals surface area contributed by atoms with Gasteiger partial charge in [-0.1, -0.05) is 19.8 Å². The third-order valence-corrected chi connectivity index (χ3v) is 5.31. The van der Waals surface area contributed by atoms with E-state index in [9.17, 15) is 0 Å². The minimum absolute atomic E-state index is 0.0675. The molecule has 0 radical (unpaired) electrons. The number of ether oxygens (including phenoxy) is 2. The normalized spacial score (nSPS) is 11.8. The third-order valence-electron chi connectivity index (χ3n) is 5.31. The van der Waals surface area contributed by atoms with Gasteiger partial charge in [0, 0.05) is 24.4 Å². The largest absolute Gasteiger partial charge is 0.497 e. The van der Waals surface area contributed by atoms with Gasteiger partial charge in [-0.15, -0.1) is 0 Å². The molecule has 3 heterocycles. The van der Waals surface area contributed by atoms with Gasteiger partial charge < -0.3 is 20.1 Å². The smallest absolute Gasteiger partial charge is 0.225 e. The summed E-state index contributed by atoms with van der Waals surface area (Å²) in [5.41, 5.74) is 2.40. The number of anilines is 2. The third kappa shape index (κ3) is 5.28. The molecule has 1 unspecified atom stereocenters. The monoisotopic (exact) mass is 448 g/mol. The molecule has 3 N–H and O–H groups in total. The van der Waals surface area contributed by atoms with Crippen molar-refractivity contribution in [1.29, 1.82) is 0 Å². The lowest BCUT2D eigenvalue weighted by Gasteiger charge is -2.18. The first-order valence-electron chi connectivity index (χ1n) is 10.9. The van der Waals surface area contributed by atoms with Gasteiger partial charge in [0.1, 0.15) is 29.2 Å². The molecule has 33 heavy (non-hydrogen) atoms. The summed E-state index contributed by atoms with van der Waals surface area (Å²) >= 11 is 0. The maximum absolute atomic E-state index is 5.50. The van der Waals surface area contributed by atoms with Crippen molar-refractivity contribution in [3.05, 3.63) is 54.2 Å². The molecule has 0 spiro atoms. The minimum atomic E-state index is -0.0675. The van der Waals surface area contributed by atoms with E-state index in [0.717, 1.165) is 47.7 Å². The van der Waals surface area contributed by atoms with Crippen LogP contribution in [-0.4, -0.2) is 44.4 Å². The molecule has 172 valence electrons. The second-order valence-corrected chi connectivity index (χ2v) is 7.51. The van der Waals surface area contributed by atoms with Crippen molar-refractivity contribution in [3.63, 3.8) is 0 Å². The Balaban J connectivity index is 1.61. The van der Waals surface area contributed by atoms with E-state index < -0.39 is 0 Å². The number of unbranched alkanes of at least 4 members (excludes halogenated alkanes) is 1. The second-order valence-electron chi connectivity index (χ2n) is 7.51. The van der Waals surface area contributed by atoms with Crippen molar-refractivity contribution in [3.8, 4) is 11.5 Å². The number of aromatic amines is 1. The first-order chi connectivity index (χ1) is 16.2. The molecule has 0 bridgehead atoms. The molecule has 0 saturated carbocycles. The van der Waals surface area contributed by atoms with Crippen LogP contribution in [0, 0.1) is 0 Å². The molecule has 0 aliphatic rings. The summed E-state index contributed by atoms with van der Waals surface area (Å²) in [7, 11) is 3.27. The number of pyridine rings is 1. The van der Waals surface area contributed by atoms with E-state index in [4.69, 9.17) is 14.5 Å². The van der Waals surface area contributed by atoms with Crippen LogP contribution in [0.25, 0.3) is 11.0 Å². The molecule has 0 aliphatic carbocycles. The van der Waals surface area contributed by atoms with Gasteiger partial charge in [0.05, 0.1) is 25.8 Å². The van der Waals surface area contributed by atoms with Gasteiger partial charge in [-0.25, -0.2) is 9.97 Å². The molecule has 3 aromatic heterocycles. The molecule has 1 atom stereocenters. The van der Waals surface area contributed by atoms with Crippen LogP contribution in [0.4, 0.5) is 11.8 Å². The summed E-state index contributed by atoms with van der Waals surface area (Å²) in [5, 5.41) is 13.8. The fourth-order valence-corrected chi connectivity index (χ4v) is 3.55. The standard InChI is InChI=1S/C23H28N8O2/c1-4-5-7-18(21-26-14-27-31-21)28-22-20-17(8-6-11-24-20)29-23(30-22)25-13-15-9-10-16(32-2)12-19(15)33-3/h6,8-12,14,18H,4-5,7,13H2,1-3H3,(H,26,27,31)(H2,25,28,29,30). The van der Waals surface area contributed by atoms with Crippen LogP contribution in [-0.2, 0) is 6.54 Å². The topological polar surface area (TPSA) is 123 Å². The number of methoxy groups -OCH3 is 2. The van der Waals surface area contributed by atoms with Gasteiger partial charge in [0.25, 0.3) is 0 Å². The van der Waals surface area contributed by atoms with E-state index in [0.29, 0.717) is 23.8 Å². The van der Waals surface area contributed by atoms with Crippen molar-refractivity contribution >= 4 is 22.8 Å². The molecule has 0 fully saturated rings. The Labute approximate surface area is 192 Å². The zero-order valence-corrected chi connectivity index (χ0v) is 19.0. The Morgan fingerprint density at radius 1 is 1.09 bits per heavy atom. The quantitative estimate of drug-likeness (QED) is 0.311. The zero-order chi connectivity index (χ0) is 23.0. The molecule has 10 heteroatoms. The number of rotatable bonds is 11. The summed E-state index contributed by atoms with van der Waals surface area (Å²) in [6, 6.07) is 9.42. The lowest BCUT2D eigenvalue weighted by molar-refractivity contribution is 0.391. The number of fused-ring (bicyclic) bond motifs is 1. The molecule has 0 amide bonds. The summed E-state index contributed by atoms with van der Waals surface area (Å²) in [6.45, 7) is 2.65.